The van der Waals surface area contributed by atoms with E-state index in [9.17, 15) is 28.2 Å². The molecule has 1 aromatic rings. The van der Waals surface area contributed by atoms with Gasteiger partial charge in [-0.15, -0.1) is 0 Å². The van der Waals surface area contributed by atoms with Crippen LogP contribution in [0.15, 0.2) is 29.2 Å². The quantitative estimate of drug-likeness (QED) is 0.563. The van der Waals surface area contributed by atoms with Gasteiger partial charge in [-0.25, -0.2) is 0 Å². The molecular weight excluding hydrogens is 398 g/mol. The highest BCUT2D eigenvalue weighted by atomic mass is 32.2. The first-order valence-electron chi connectivity index (χ1n) is 9.54. The van der Waals surface area contributed by atoms with Gasteiger partial charge < -0.3 is 15.0 Å². The summed E-state index contributed by atoms with van der Waals surface area (Å²) in [4.78, 5) is 24.2. The highest BCUT2D eigenvalue weighted by Crippen LogP contribution is 2.44. The minimum absolute atomic E-state index is 0.0103. The zero-order valence-electron chi connectivity index (χ0n) is 17.5. The molecule has 0 aromatic heterocycles. The standard InChI is InChI=1S/C20H29NO7S/c1-6-20(17(22)23)11-12-21(18(24)25,19(3,4)5)13-16(20)28-29(26,27)15-9-7-14(2)8-10-15/h7-10,16H,6,11-13H2,1-5H3,(H-,22,23,24,25). The van der Waals surface area contributed by atoms with E-state index in [0.717, 1.165) is 5.56 Å². The highest BCUT2D eigenvalue weighted by Gasteiger charge is 2.59. The summed E-state index contributed by atoms with van der Waals surface area (Å²) in [5.74, 6) is -1.20. The van der Waals surface area contributed by atoms with Gasteiger partial charge in [0.2, 0.25) is 0 Å². The Hall–Kier alpha value is -1.97. The van der Waals surface area contributed by atoms with Crippen LogP contribution in [0.25, 0.3) is 0 Å². The average Bonchev–Trinajstić information content (AvgIpc) is 2.60. The van der Waals surface area contributed by atoms with Crippen molar-refractivity contribution in [1.82, 2.24) is 0 Å². The van der Waals surface area contributed by atoms with Gasteiger partial charge in [0.15, 0.2) is 0 Å². The van der Waals surface area contributed by atoms with Crippen molar-refractivity contribution in [2.45, 2.75) is 64.0 Å². The maximum atomic E-state index is 12.9. The minimum Gasteiger partial charge on any atom is -0.498 e. The molecule has 0 spiro atoms. The molecule has 0 radical (unpaired) electrons. The molecule has 3 atom stereocenters. The number of quaternary nitrogens is 1. The molecule has 3 unspecified atom stereocenters. The molecule has 2 rings (SSSR count). The number of aryl methyl sites for hydroxylation is 1. The molecule has 1 saturated heterocycles. The van der Waals surface area contributed by atoms with Crippen LogP contribution >= 0.6 is 0 Å². The first-order chi connectivity index (χ1) is 13.2. The fourth-order valence-corrected chi connectivity index (χ4v) is 5.12. The summed E-state index contributed by atoms with van der Waals surface area (Å²) in [5.41, 5.74) is -1.50. The van der Waals surface area contributed by atoms with Crippen LogP contribution in [0, 0.1) is 12.3 Å². The van der Waals surface area contributed by atoms with E-state index in [2.05, 4.69) is 0 Å². The summed E-state index contributed by atoms with van der Waals surface area (Å²) in [5, 5.41) is 22.0. The van der Waals surface area contributed by atoms with Crippen LogP contribution < -0.4 is 5.11 Å². The molecule has 29 heavy (non-hydrogen) atoms. The van der Waals surface area contributed by atoms with Gasteiger partial charge in [0.25, 0.3) is 16.2 Å². The molecule has 0 saturated carbocycles. The van der Waals surface area contributed by atoms with Crippen LogP contribution in [-0.2, 0) is 19.1 Å². The number of likely N-dealkylation sites (tertiary alicyclic amines) is 1. The summed E-state index contributed by atoms with van der Waals surface area (Å²) < 4.78 is 30.6. The van der Waals surface area contributed by atoms with Gasteiger partial charge in [-0.05, 0) is 46.2 Å². The Kier molecular flexibility index (Phi) is 6.19. The number of carboxylic acid groups (broad SMARTS) is 2. The topological polar surface area (TPSA) is 121 Å². The number of carbonyl (C=O) groups is 2. The molecule has 1 heterocycles. The second kappa shape index (κ2) is 7.70. The Balaban J connectivity index is 2.55. The Labute approximate surface area is 171 Å². The number of hydrogen-bond acceptors (Lipinski definition) is 6. The van der Waals surface area contributed by atoms with E-state index in [1.165, 1.54) is 12.1 Å². The molecule has 1 amide bonds. The molecule has 162 valence electrons. The van der Waals surface area contributed by atoms with Gasteiger partial charge in [0, 0.05) is 6.42 Å². The number of carbonyl (C=O) groups excluding carboxylic acids is 1. The lowest BCUT2D eigenvalue weighted by Crippen LogP contribution is -2.75. The van der Waals surface area contributed by atoms with Crippen LogP contribution in [0.4, 0.5) is 4.79 Å². The van der Waals surface area contributed by atoms with Gasteiger partial charge in [0.05, 0.1) is 17.0 Å². The van der Waals surface area contributed by atoms with Gasteiger partial charge in [0.1, 0.15) is 18.1 Å². The average molecular weight is 428 g/mol. The Morgan fingerprint density at radius 2 is 1.83 bits per heavy atom. The molecule has 1 aliphatic rings. The smallest absolute Gasteiger partial charge is 0.312 e. The van der Waals surface area contributed by atoms with Crippen LogP contribution in [0.2, 0.25) is 0 Å². The number of amides is 1. The van der Waals surface area contributed by atoms with Crippen molar-refractivity contribution in [2.24, 2.45) is 5.41 Å². The third-order valence-electron chi connectivity index (χ3n) is 6.28. The molecular formula is C20H29NO7S. The molecule has 9 heteroatoms. The number of carboxylic acids is 1. The van der Waals surface area contributed by atoms with Crippen LogP contribution in [0.1, 0.15) is 46.1 Å². The first kappa shape index (κ1) is 23.3. The predicted molar refractivity (Wildman–Crippen MR) is 103 cm³/mol. The fourth-order valence-electron chi connectivity index (χ4n) is 3.99. The lowest BCUT2D eigenvalue weighted by Gasteiger charge is -2.55. The molecule has 0 aliphatic carbocycles. The van der Waals surface area contributed by atoms with Crippen molar-refractivity contribution in [1.29, 1.82) is 0 Å². The summed E-state index contributed by atoms with van der Waals surface area (Å²) in [6, 6.07) is 5.98. The van der Waals surface area contributed by atoms with E-state index in [0.29, 0.717) is 0 Å². The number of hydrogen-bond donors (Lipinski definition) is 1. The third kappa shape index (κ3) is 4.04. The largest absolute Gasteiger partial charge is 0.498 e. The van der Waals surface area contributed by atoms with Gasteiger partial charge in [-0.3, -0.25) is 13.5 Å². The second-order valence-electron chi connectivity index (χ2n) is 8.73. The van der Waals surface area contributed by atoms with E-state index in [1.54, 1.807) is 46.8 Å². The van der Waals surface area contributed by atoms with Gasteiger partial charge in [-0.1, -0.05) is 24.6 Å². The van der Waals surface area contributed by atoms with E-state index in [-0.39, 0.29) is 30.8 Å². The van der Waals surface area contributed by atoms with E-state index >= 15 is 0 Å². The molecule has 1 fully saturated rings. The Morgan fingerprint density at radius 1 is 1.28 bits per heavy atom. The maximum Gasteiger partial charge on any atom is 0.312 e. The normalized spacial score (nSPS) is 28.1. The van der Waals surface area contributed by atoms with Crippen LogP contribution in [0.5, 0.6) is 0 Å². The summed E-state index contributed by atoms with van der Waals surface area (Å²) in [6.07, 6.45) is -2.68. The second-order valence-corrected chi connectivity index (χ2v) is 10.3. The lowest BCUT2D eigenvalue weighted by atomic mass is 9.72. The van der Waals surface area contributed by atoms with E-state index < -0.39 is 43.7 Å². The minimum atomic E-state index is -4.30. The Bertz CT molecular complexity index is 888. The number of benzene rings is 1. The third-order valence-corrected chi connectivity index (χ3v) is 7.61. The van der Waals surface area contributed by atoms with Crippen molar-refractivity contribution in [3.63, 3.8) is 0 Å². The predicted octanol–water partition coefficient (Wildman–Crippen LogP) is 1.91. The zero-order valence-corrected chi connectivity index (χ0v) is 18.3. The first-order valence-corrected chi connectivity index (χ1v) is 10.9. The summed E-state index contributed by atoms with van der Waals surface area (Å²) in [6.45, 7) is 8.24. The van der Waals surface area contributed by atoms with Crippen LogP contribution in [0.3, 0.4) is 0 Å². The highest BCUT2D eigenvalue weighted by molar-refractivity contribution is 7.86. The zero-order chi connectivity index (χ0) is 22.3. The van der Waals surface area contributed by atoms with Gasteiger partial charge in [-0.2, -0.15) is 8.42 Å². The van der Waals surface area contributed by atoms with E-state index in [4.69, 9.17) is 4.18 Å². The van der Waals surface area contributed by atoms with E-state index in [1.807, 2.05) is 0 Å². The van der Waals surface area contributed by atoms with Crippen molar-refractivity contribution < 1.29 is 36.9 Å². The number of nitrogens with zero attached hydrogens (tertiary/aromatic N) is 1. The summed E-state index contributed by atoms with van der Waals surface area (Å²) in [7, 11) is -4.30. The monoisotopic (exact) mass is 427 g/mol. The van der Waals surface area contributed by atoms with Crippen molar-refractivity contribution in [2.75, 3.05) is 13.1 Å². The fraction of sp³-hybridized carbons (Fsp3) is 0.600. The molecule has 1 aromatic carbocycles. The lowest BCUT2D eigenvalue weighted by molar-refractivity contribution is -0.928. The van der Waals surface area contributed by atoms with Crippen LogP contribution in [-0.4, -0.2) is 54.8 Å². The molecule has 8 nitrogen and oxygen atoms in total. The number of rotatable bonds is 5. The summed E-state index contributed by atoms with van der Waals surface area (Å²) >= 11 is 0. The van der Waals surface area contributed by atoms with Gasteiger partial charge >= 0.3 is 5.97 Å². The SMILES string of the molecule is CCC1(C(=O)O)CC[N+](C(=O)[O-])(C(C)(C)C)CC1OS(=O)(=O)c1ccc(C)cc1. The Morgan fingerprint density at radius 3 is 2.24 bits per heavy atom. The maximum absolute atomic E-state index is 12.9. The van der Waals surface area contributed by atoms with Crippen molar-refractivity contribution in [3.05, 3.63) is 29.8 Å². The van der Waals surface area contributed by atoms with Crippen molar-refractivity contribution >= 4 is 22.2 Å². The molecule has 0 bridgehead atoms. The molecule has 1 aliphatic heterocycles. The number of aliphatic carboxylic acids is 1. The number of piperidine rings is 1. The molecule has 1 N–H and O–H groups in total. The van der Waals surface area contributed by atoms with Crippen molar-refractivity contribution in [3.8, 4) is 0 Å².